The topological polar surface area (TPSA) is 69.7 Å². The minimum Gasteiger partial charge on any atom is -0.298 e. The lowest BCUT2D eigenvalue weighted by atomic mass is 10.2. The summed E-state index contributed by atoms with van der Waals surface area (Å²) in [6.07, 6.45) is 2.27. The number of nitrogens with zero attached hydrogens (tertiary/aromatic N) is 2. The molecule has 1 aromatic rings. The monoisotopic (exact) mass is 355 g/mol. The van der Waals surface area contributed by atoms with E-state index in [0.717, 1.165) is 37.2 Å². The molecule has 0 aliphatic carbocycles. The van der Waals surface area contributed by atoms with Crippen molar-refractivity contribution in [2.24, 2.45) is 0 Å². The van der Waals surface area contributed by atoms with Crippen LogP contribution in [0.2, 0.25) is 0 Å². The minimum absolute atomic E-state index is 0.0503. The second-order valence-corrected chi connectivity index (χ2v) is 8.70. The van der Waals surface area contributed by atoms with Gasteiger partial charge >= 0.3 is 6.03 Å². The van der Waals surface area contributed by atoms with Crippen LogP contribution in [0.4, 0.5) is 4.79 Å². The Morgan fingerprint density at radius 2 is 1.83 bits per heavy atom. The summed E-state index contributed by atoms with van der Waals surface area (Å²) in [4.78, 5) is 16.4. The molecule has 3 rings (SSSR count). The number of benzene rings is 1. The highest BCUT2D eigenvalue weighted by Crippen LogP contribution is 2.29. The van der Waals surface area contributed by atoms with E-state index in [0.29, 0.717) is 6.54 Å². The first-order valence-corrected chi connectivity index (χ1v) is 10.3. The summed E-state index contributed by atoms with van der Waals surface area (Å²) >= 11 is 1.70. The van der Waals surface area contributed by atoms with E-state index in [1.807, 2.05) is 6.92 Å². The number of amides is 2. The maximum Gasteiger partial charge on any atom is 0.333 e. The molecular weight excluding hydrogens is 334 g/mol. The number of rotatable bonds is 3. The van der Waals surface area contributed by atoms with Gasteiger partial charge in [-0.3, -0.25) is 9.80 Å². The molecule has 8 heteroatoms. The van der Waals surface area contributed by atoms with Gasteiger partial charge in [-0.1, -0.05) is 17.7 Å². The molecule has 23 heavy (non-hydrogen) atoms. The van der Waals surface area contributed by atoms with E-state index in [4.69, 9.17) is 0 Å². The molecule has 1 N–H and O–H groups in total. The lowest BCUT2D eigenvalue weighted by Gasteiger charge is -2.30. The number of carbonyl (C=O) groups is 1. The van der Waals surface area contributed by atoms with Crippen LogP contribution in [0.1, 0.15) is 18.4 Å². The number of urea groups is 1. The maximum atomic E-state index is 12.5. The smallest absolute Gasteiger partial charge is 0.298 e. The molecule has 0 saturated carbocycles. The molecule has 126 valence electrons. The Labute approximate surface area is 141 Å². The summed E-state index contributed by atoms with van der Waals surface area (Å²) in [6.45, 7) is 4.39. The third-order valence-corrected chi connectivity index (χ3v) is 6.74. The Hall–Kier alpha value is -1.25. The van der Waals surface area contributed by atoms with E-state index in [2.05, 4.69) is 9.62 Å². The number of hydrogen-bond acceptors (Lipinski definition) is 5. The van der Waals surface area contributed by atoms with Crippen LogP contribution >= 0.6 is 11.8 Å². The molecule has 2 heterocycles. The Balaban J connectivity index is 1.71. The molecule has 0 spiro atoms. The first kappa shape index (κ1) is 16.6. The number of carbonyl (C=O) groups excluding carboxylic acids is 1. The van der Waals surface area contributed by atoms with Crippen molar-refractivity contribution in [3.05, 3.63) is 29.8 Å². The van der Waals surface area contributed by atoms with Gasteiger partial charge in [0.15, 0.2) is 0 Å². The normalized spacial score (nSPS) is 22.5. The van der Waals surface area contributed by atoms with Crippen molar-refractivity contribution in [3.63, 3.8) is 0 Å². The predicted octanol–water partition coefficient (Wildman–Crippen LogP) is 1.82. The first-order chi connectivity index (χ1) is 11.0. The van der Waals surface area contributed by atoms with Gasteiger partial charge in [-0.2, -0.15) is 0 Å². The summed E-state index contributed by atoms with van der Waals surface area (Å²) in [5.74, 6) is 0.833. The van der Waals surface area contributed by atoms with Gasteiger partial charge < -0.3 is 0 Å². The van der Waals surface area contributed by atoms with Crippen LogP contribution in [0.25, 0.3) is 0 Å². The number of thioether (sulfide) groups is 1. The highest BCUT2D eigenvalue weighted by Gasteiger charge is 2.36. The Morgan fingerprint density at radius 1 is 1.17 bits per heavy atom. The van der Waals surface area contributed by atoms with Crippen molar-refractivity contribution in [3.8, 4) is 0 Å². The molecule has 1 unspecified atom stereocenters. The fourth-order valence-corrected chi connectivity index (χ4v) is 5.15. The summed E-state index contributed by atoms with van der Waals surface area (Å²) in [6, 6.07) is 5.94. The fourth-order valence-electron chi connectivity index (χ4n) is 2.87. The molecule has 2 saturated heterocycles. The average molecular weight is 355 g/mol. The third-order valence-electron chi connectivity index (χ3n) is 4.13. The zero-order valence-electron chi connectivity index (χ0n) is 13.1. The van der Waals surface area contributed by atoms with Crippen molar-refractivity contribution in [2.75, 3.05) is 25.4 Å². The Bertz CT molecular complexity index is 670. The van der Waals surface area contributed by atoms with Gasteiger partial charge in [0.25, 0.3) is 10.0 Å². The maximum absolute atomic E-state index is 12.5. The molecule has 2 fully saturated rings. The van der Waals surface area contributed by atoms with Crippen molar-refractivity contribution < 1.29 is 13.2 Å². The molecule has 0 bridgehead atoms. The Kier molecular flexibility index (Phi) is 4.84. The molecular formula is C15H21N3O3S2. The Morgan fingerprint density at radius 3 is 2.48 bits per heavy atom. The van der Waals surface area contributed by atoms with E-state index in [1.165, 1.54) is 12.1 Å². The van der Waals surface area contributed by atoms with E-state index >= 15 is 0 Å². The average Bonchev–Trinajstić information content (AvgIpc) is 3.18. The summed E-state index contributed by atoms with van der Waals surface area (Å²) in [5, 5.41) is 0. The summed E-state index contributed by atoms with van der Waals surface area (Å²) < 4.78 is 26.9. The van der Waals surface area contributed by atoms with Crippen molar-refractivity contribution in [1.82, 2.24) is 14.5 Å². The van der Waals surface area contributed by atoms with Gasteiger partial charge in [-0.15, -0.1) is 11.8 Å². The molecule has 1 aromatic carbocycles. The molecule has 2 aliphatic heterocycles. The standard InChI is InChI=1S/C15H21N3O3S2/c1-12-4-6-13(7-5-12)23(20,21)16-14(19)18-10-11-22-15(18)17-8-2-3-9-17/h4-7,15H,2-3,8-11H2,1H3,(H,16,19). The van der Waals surface area contributed by atoms with E-state index < -0.39 is 16.1 Å². The highest BCUT2D eigenvalue weighted by molar-refractivity contribution is 8.00. The zero-order valence-corrected chi connectivity index (χ0v) is 14.7. The lowest BCUT2D eigenvalue weighted by molar-refractivity contribution is 0.152. The predicted molar refractivity (Wildman–Crippen MR) is 90.7 cm³/mol. The van der Waals surface area contributed by atoms with Crippen LogP contribution in [0.15, 0.2) is 29.2 Å². The lowest BCUT2D eigenvalue weighted by Crippen LogP contribution is -2.50. The molecule has 2 amide bonds. The van der Waals surface area contributed by atoms with Crippen LogP contribution in [-0.4, -0.2) is 55.1 Å². The van der Waals surface area contributed by atoms with Crippen LogP contribution < -0.4 is 4.72 Å². The van der Waals surface area contributed by atoms with Crippen molar-refractivity contribution in [2.45, 2.75) is 30.2 Å². The molecule has 0 radical (unpaired) electrons. The van der Waals surface area contributed by atoms with E-state index in [1.54, 1.807) is 28.8 Å². The van der Waals surface area contributed by atoms with Crippen LogP contribution in [0.3, 0.4) is 0 Å². The van der Waals surface area contributed by atoms with Gasteiger partial charge in [-0.25, -0.2) is 17.9 Å². The number of hydrogen-bond donors (Lipinski definition) is 1. The third kappa shape index (κ3) is 3.64. The van der Waals surface area contributed by atoms with Gasteiger partial charge in [0.1, 0.15) is 5.50 Å². The van der Waals surface area contributed by atoms with E-state index in [9.17, 15) is 13.2 Å². The molecule has 0 aromatic heterocycles. The number of sulfonamides is 1. The fraction of sp³-hybridized carbons (Fsp3) is 0.533. The summed E-state index contributed by atoms with van der Waals surface area (Å²) in [7, 11) is -3.83. The quantitative estimate of drug-likeness (QED) is 0.896. The minimum atomic E-state index is -3.83. The van der Waals surface area contributed by atoms with Gasteiger partial charge in [0.05, 0.1) is 4.90 Å². The van der Waals surface area contributed by atoms with E-state index in [-0.39, 0.29) is 10.4 Å². The molecule has 6 nitrogen and oxygen atoms in total. The molecule has 1 atom stereocenters. The van der Waals surface area contributed by atoms with Gasteiger partial charge in [0.2, 0.25) is 0 Å². The number of aryl methyl sites for hydroxylation is 1. The number of nitrogens with one attached hydrogen (secondary N) is 1. The highest BCUT2D eigenvalue weighted by atomic mass is 32.2. The molecule has 2 aliphatic rings. The second kappa shape index (κ2) is 6.70. The largest absolute Gasteiger partial charge is 0.333 e. The second-order valence-electron chi connectivity index (χ2n) is 5.86. The summed E-state index contributed by atoms with van der Waals surface area (Å²) in [5.41, 5.74) is 0.922. The SMILES string of the molecule is Cc1ccc(S(=O)(=O)NC(=O)N2CCSC2N2CCCC2)cc1. The van der Waals surface area contributed by atoms with Gasteiger partial charge in [-0.05, 0) is 31.9 Å². The zero-order chi connectivity index (χ0) is 16.4. The number of likely N-dealkylation sites (tertiary alicyclic amines) is 1. The van der Waals surface area contributed by atoms with Gasteiger partial charge in [0, 0.05) is 25.4 Å². The van der Waals surface area contributed by atoms with Crippen molar-refractivity contribution in [1.29, 1.82) is 0 Å². The van der Waals surface area contributed by atoms with Crippen LogP contribution in [0.5, 0.6) is 0 Å². The first-order valence-electron chi connectivity index (χ1n) is 7.73. The van der Waals surface area contributed by atoms with Crippen LogP contribution in [0, 0.1) is 6.92 Å². The van der Waals surface area contributed by atoms with Crippen LogP contribution in [-0.2, 0) is 10.0 Å². The van der Waals surface area contributed by atoms with Crippen molar-refractivity contribution >= 4 is 27.8 Å².